The number of ether oxygens (including phenoxy) is 3. The normalized spacial score (nSPS) is 20.1. The monoisotopic (exact) mass is 468 g/mol. The quantitative estimate of drug-likeness (QED) is 0.498. The molecule has 2 fully saturated rings. The second-order valence-electron chi connectivity index (χ2n) is 9.94. The van der Waals surface area contributed by atoms with Crippen LogP contribution < -0.4 is 0 Å². The molecule has 2 aliphatic heterocycles. The van der Waals surface area contributed by atoms with E-state index in [1.165, 1.54) is 5.56 Å². The first-order valence-corrected chi connectivity index (χ1v) is 12.7. The highest BCUT2D eigenvalue weighted by Crippen LogP contribution is 2.39. The third kappa shape index (κ3) is 5.91. The van der Waals surface area contributed by atoms with Gasteiger partial charge in [0.05, 0.1) is 24.4 Å². The molecule has 0 N–H and O–H groups in total. The van der Waals surface area contributed by atoms with E-state index >= 15 is 0 Å². The first-order chi connectivity index (χ1) is 16.5. The maximum Gasteiger partial charge on any atom is 0.255 e. The van der Waals surface area contributed by atoms with Crippen molar-refractivity contribution in [2.24, 2.45) is 5.92 Å². The predicted octanol–water partition coefficient (Wildman–Crippen LogP) is 4.76. The Kier molecular flexibility index (Phi) is 8.46. The van der Waals surface area contributed by atoms with E-state index in [0.717, 1.165) is 81.9 Å². The average molecular weight is 469 g/mol. The highest BCUT2D eigenvalue weighted by Gasteiger charge is 2.41. The minimum absolute atomic E-state index is 0.0749. The van der Waals surface area contributed by atoms with Gasteiger partial charge < -0.3 is 23.7 Å². The molecule has 6 heteroatoms. The van der Waals surface area contributed by atoms with E-state index in [-0.39, 0.29) is 11.5 Å². The van der Waals surface area contributed by atoms with Crippen LogP contribution in [0.3, 0.4) is 0 Å². The van der Waals surface area contributed by atoms with Crippen LogP contribution in [0.25, 0.3) is 0 Å². The van der Waals surface area contributed by atoms with Gasteiger partial charge >= 0.3 is 0 Å². The van der Waals surface area contributed by atoms with Crippen molar-refractivity contribution in [3.05, 3.63) is 58.9 Å². The van der Waals surface area contributed by atoms with Crippen LogP contribution in [0.5, 0.6) is 0 Å². The minimum Gasteiger partial charge on any atom is -0.383 e. The van der Waals surface area contributed by atoms with Gasteiger partial charge in [-0.2, -0.15) is 0 Å². The molecule has 1 aromatic heterocycles. The van der Waals surface area contributed by atoms with E-state index in [9.17, 15) is 4.79 Å². The molecule has 3 heterocycles. The fraction of sp³-hybridized carbons (Fsp3) is 0.607. The Balaban J connectivity index is 1.26. The van der Waals surface area contributed by atoms with E-state index < -0.39 is 0 Å². The van der Waals surface area contributed by atoms with E-state index in [1.807, 2.05) is 24.0 Å². The molecule has 2 saturated heterocycles. The molecule has 6 nitrogen and oxygen atoms in total. The Labute approximate surface area is 204 Å². The number of amides is 1. The zero-order valence-corrected chi connectivity index (χ0v) is 21.1. The predicted molar refractivity (Wildman–Crippen MR) is 133 cm³/mol. The molecule has 2 aromatic rings. The fourth-order valence-corrected chi connectivity index (χ4v) is 5.57. The van der Waals surface area contributed by atoms with E-state index in [4.69, 9.17) is 14.2 Å². The van der Waals surface area contributed by atoms with Gasteiger partial charge in [0, 0.05) is 51.3 Å². The summed E-state index contributed by atoms with van der Waals surface area (Å²) in [5.41, 5.74) is 4.11. The Morgan fingerprint density at radius 2 is 1.91 bits per heavy atom. The van der Waals surface area contributed by atoms with Crippen molar-refractivity contribution in [3.8, 4) is 0 Å². The Morgan fingerprint density at radius 1 is 1.15 bits per heavy atom. The third-order valence-electron chi connectivity index (χ3n) is 7.66. The summed E-state index contributed by atoms with van der Waals surface area (Å²) in [5, 5.41) is 0. The van der Waals surface area contributed by atoms with Crippen molar-refractivity contribution in [2.45, 2.75) is 64.7 Å². The van der Waals surface area contributed by atoms with Crippen molar-refractivity contribution >= 4 is 5.91 Å². The molecule has 1 unspecified atom stereocenters. The largest absolute Gasteiger partial charge is 0.383 e. The molecule has 1 spiro atoms. The molecule has 0 bridgehead atoms. The van der Waals surface area contributed by atoms with E-state index in [0.29, 0.717) is 19.1 Å². The highest BCUT2D eigenvalue weighted by atomic mass is 16.5. The summed E-state index contributed by atoms with van der Waals surface area (Å²) in [4.78, 5) is 15.3. The Bertz CT molecular complexity index is 931. The molecule has 1 aromatic carbocycles. The molecular formula is C28H40N2O4. The number of aryl methyl sites for hydroxylation is 1. The lowest BCUT2D eigenvalue weighted by Crippen LogP contribution is -2.51. The van der Waals surface area contributed by atoms with Gasteiger partial charge in [-0.1, -0.05) is 30.3 Å². The van der Waals surface area contributed by atoms with Crippen LogP contribution in [-0.2, 0) is 27.4 Å². The fourth-order valence-electron chi connectivity index (χ4n) is 5.57. The molecule has 0 saturated carbocycles. The second-order valence-corrected chi connectivity index (χ2v) is 9.94. The second kappa shape index (κ2) is 11.5. The zero-order chi connectivity index (χ0) is 24.0. The van der Waals surface area contributed by atoms with Gasteiger partial charge in [0.15, 0.2) is 0 Å². The van der Waals surface area contributed by atoms with Crippen LogP contribution >= 0.6 is 0 Å². The first kappa shape index (κ1) is 25.0. The molecule has 0 aliphatic carbocycles. The first-order valence-electron chi connectivity index (χ1n) is 12.7. The van der Waals surface area contributed by atoms with Crippen LogP contribution in [0.4, 0.5) is 0 Å². The summed E-state index contributed by atoms with van der Waals surface area (Å²) in [5.74, 6) is 0.778. The number of nitrogens with zero attached hydrogens (tertiary/aromatic N) is 2. The number of benzene rings is 1. The topological polar surface area (TPSA) is 52.9 Å². The van der Waals surface area contributed by atoms with Crippen LogP contribution in [-0.4, -0.2) is 61.0 Å². The number of hydrogen-bond donors (Lipinski definition) is 0. The van der Waals surface area contributed by atoms with Gasteiger partial charge in [-0.15, -0.1) is 0 Å². The molecule has 1 atom stereocenters. The standard InChI is InChI=1S/C28H40N2O4/c1-22-19-26(23(2)30(22)15-18-32-3)27(31)29-13-11-28(12-14-29)20-24(10-17-34-28)9-16-33-21-25-7-5-4-6-8-25/h4-8,19,24H,9-18,20-21H2,1-3H3. The van der Waals surface area contributed by atoms with Gasteiger partial charge in [-0.05, 0) is 63.5 Å². The van der Waals surface area contributed by atoms with Gasteiger partial charge in [-0.3, -0.25) is 4.79 Å². The van der Waals surface area contributed by atoms with Gasteiger partial charge in [-0.25, -0.2) is 0 Å². The Hall–Kier alpha value is -2.15. The number of rotatable bonds is 9. The van der Waals surface area contributed by atoms with E-state index in [2.05, 4.69) is 35.8 Å². The molecule has 2 aliphatic rings. The van der Waals surface area contributed by atoms with Crippen LogP contribution in [0, 0.1) is 19.8 Å². The lowest BCUT2D eigenvalue weighted by molar-refractivity contribution is -0.126. The van der Waals surface area contributed by atoms with Gasteiger partial charge in [0.25, 0.3) is 5.91 Å². The number of carbonyl (C=O) groups excluding carboxylic acids is 1. The van der Waals surface area contributed by atoms with Crippen LogP contribution in [0.1, 0.15) is 59.4 Å². The summed E-state index contributed by atoms with van der Waals surface area (Å²) in [6.45, 7) is 9.33. The average Bonchev–Trinajstić information content (AvgIpc) is 3.14. The van der Waals surface area contributed by atoms with E-state index in [1.54, 1.807) is 7.11 Å². The lowest BCUT2D eigenvalue weighted by Gasteiger charge is -2.46. The summed E-state index contributed by atoms with van der Waals surface area (Å²) < 4.78 is 19.7. The molecule has 1 amide bonds. The van der Waals surface area contributed by atoms with Crippen LogP contribution in [0.2, 0.25) is 0 Å². The van der Waals surface area contributed by atoms with Gasteiger partial charge in [0.1, 0.15) is 0 Å². The number of hydrogen-bond acceptors (Lipinski definition) is 4. The van der Waals surface area contributed by atoms with Crippen molar-refractivity contribution < 1.29 is 19.0 Å². The number of methoxy groups -OCH3 is 1. The summed E-state index contributed by atoms with van der Waals surface area (Å²) in [7, 11) is 1.71. The number of piperidine rings is 1. The maximum absolute atomic E-state index is 13.3. The van der Waals surface area contributed by atoms with Crippen molar-refractivity contribution in [3.63, 3.8) is 0 Å². The summed E-state index contributed by atoms with van der Waals surface area (Å²) in [6, 6.07) is 12.4. The SMILES string of the molecule is COCCn1c(C)cc(C(=O)N2CCC3(CC2)CC(CCOCc2ccccc2)CCO3)c1C. The van der Waals surface area contributed by atoms with Gasteiger partial charge in [0.2, 0.25) is 0 Å². The van der Waals surface area contributed by atoms with Crippen molar-refractivity contribution in [1.82, 2.24) is 9.47 Å². The molecule has 186 valence electrons. The maximum atomic E-state index is 13.3. The molecule has 4 rings (SSSR count). The summed E-state index contributed by atoms with van der Waals surface area (Å²) >= 11 is 0. The molecular weight excluding hydrogens is 428 g/mol. The lowest BCUT2D eigenvalue weighted by atomic mass is 9.78. The number of aromatic nitrogens is 1. The minimum atomic E-state index is -0.0749. The zero-order valence-electron chi connectivity index (χ0n) is 21.1. The molecule has 34 heavy (non-hydrogen) atoms. The summed E-state index contributed by atoms with van der Waals surface area (Å²) in [6.07, 6.45) is 5.10. The van der Waals surface area contributed by atoms with Crippen LogP contribution in [0.15, 0.2) is 36.4 Å². The Morgan fingerprint density at radius 3 is 2.65 bits per heavy atom. The number of carbonyl (C=O) groups is 1. The van der Waals surface area contributed by atoms with Crippen molar-refractivity contribution in [1.29, 1.82) is 0 Å². The third-order valence-corrected chi connectivity index (χ3v) is 7.66. The molecule has 0 radical (unpaired) electrons. The van der Waals surface area contributed by atoms with Crippen molar-refractivity contribution in [2.75, 3.05) is 40.0 Å². The number of likely N-dealkylation sites (tertiary alicyclic amines) is 1. The smallest absolute Gasteiger partial charge is 0.255 e. The highest BCUT2D eigenvalue weighted by molar-refractivity contribution is 5.95.